The molecule has 0 spiro atoms. The highest BCUT2D eigenvalue weighted by Gasteiger charge is 2.19. The average Bonchev–Trinajstić information content (AvgIpc) is 3.01. The molecule has 3 N–H and O–H groups in total. The summed E-state index contributed by atoms with van der Waals surface area (Å²) in [5, 5.41) is 0.310. The molecule has 3 aromatic heterocycles. The Hall–Kier alpha value is -3.22. The lowest BCUT2D eigenvalue weighted by atomic mass is 9.90. The van der Waals surface area contributed by atoms with Gasteiger partial charge in [0.25, 0.3) is 11.1 Å². The molecular weight excluding hydrogens is 330 g/mol. The molecule has 0 atom stereocenters. The number of rotatable bonds is 2. The summed E-state index contributed by atoms with van der Waals surface area (Å²) in [5.41, 5.74) is 1.98. The van der Waals surface area contributed by atoms with Gasteiger partial charge >= 0.3 is 0 Å². The second-order valence-electron chi connectivity index (χ2n) is 7.14. The Morgan fingerprint density at radius 1 is 1.00 bits per heavy atom. The molecule has 0 radical (unpaired) electrons. The van der Waals surface area contributed by atoms with E-state index >= 15 is 0 Å². The zero-order valence-corrected chi connectivity index (χ0v) is 15.2. The van der Waals surface area contributed by atoms with Crippen molar-refractivity contribution in [1.29, 1.82) is 0 Å². The first-order valence-corrected chi connectivity index (χ1v) is 8.27. The highest BCUT2D eigenvalue weighted by molar-refractivity contribution is 5.48. The predicted octanol–water partition coefficient (Wildman–Crippen LogP) is 0.445. The zero-order chi connectivity index (χ0) is 18.9. The van der Waals surface area contributed by atoms with Crippen molar-refractivity contribution >= 4 is 12.2 Å². The summed E-state index contributed by atoms with van der Waals surface area (Å²) in [6.45, 7) is 7.98. The SMILES string of the molecule is Cc1cccc(C=c2[nH]c(=O)c(=Cc3nc[nH]c3C(C)(C)C)[nH]c2=O)n1. The summed E-state index contributed by atoms with van der Waals surface area (Å²) in [6.07, 6.45) is 4.70. The third-order valence-corrected chi connectivity index (χ3v) is 3.89. The van der Waals surface area contributed by atoms with Crippen LogP contribution in [0.4, 0.5) is 0 Å². The molecule has 0 saturated carbocycles. The van der Waals surface area contributed by atoms with Crippen molar-refractivity contribution in [2.45, 2.75) is 33.1 Å². The van der Waals surface area contributed by atoms with E-state index in [2.05, 4.69) is 24.9 Å². The minimum atomic E-state index is -0.397. The Morgan fingerprint density at radius 2 is 1.65 bits per heavy atom. The van der Waals surface area contributed by atoms with Crippen molar-refractivity contribution in [1.82, 2.24) is 24.9 Å². The van der Waals surface area contributed by atoms with Gasteiger partial charge in [-0.05, 0) is 31.2 Å². The maximum absolute atomic E-state index is 12.4. The van der Waals surface area contributed by atoms with Crippen molar-refractivity contribution in [3.63, 3.8) is 0 Å². The number of imidazole rings is 1. The average molecular weight is 351 g/mol. The van der Waals surface area contributed by atoms with Crippen LogP contribution in [-0.4, -0.2) is 24.9 Å². The fraction of sp³-hybridized carbons (Fsp3) is 0.263. The monoisotopic (exact) mass is 351 g/mol. The molecule has 0 bridgehead atoms. The lowest BCUT2D eigenvalue weighted by Gasteiger charge is -2.16. The first-order chi connectivity index (χ1) is 12.2. The minimum absolute atomic E-state index is 0.155. The standard InChI is InChI=1S/C19H21N5O2/c1-11-6-5-7-12(22-11)8-14-17(25)24-15(18(26)23-14)9-13-16(19(2,3)4)21-10-20-13/h5-10H,1-4H3,(H,20,21)(H,23,26)(H,24,25). The van der Waals surface area contributed by atoms with E-state index in [-0.39, 0.29) is 16.1 Å². The van der Waals surface area contributed by atoms with E-state index in [0.717, 1.165) is 11.4 Å². The molecule has 0 aliphatic heterocycles. The number of hydrogen-bond donors (Lipinski definition) is 3. The highest BCUT2D eigenvalue weighted by atomic mass is 16.1. The Morgan fingerprint density at radius 3 is 2.27 bits per heavy atom. The van der Waals surface area contributed by atoms with E-state index < -0.39 is 11.1 Å². The van der Waals surface area contributed by atoms with Gasteiger partial charge in [0.2, 0.25) is 0 Å². The molecule has 26 heavy (non-hydrogen) atoms. The number of pyridine rings is 1. The van der Waals surface area contributed by atoms with Gasteiger partial charge in [-0.3, -0.25) is 14.6 Å². The lowest BCUT2D eigenvalue weighted by molar-refractivity contribution is 0.571. The number of H-pyrrole nitrogens is 3. The summed E-state index contributed by atoms with van der Waals surface area (Å²) in [5.74, 6) is 0. The van der Waals surface area contributed by atoms with Crippen molar-refractivity contribution in [2.24, 2.45) is 0 Å². The molecule has 0 amide bonds. The zero-order valence-electron chi connectivity index (χ0n) is 15.2. The summed E-state index contributed by atoms with van der Waals surface area (Å²) in [4.78, 5) is 41.6. The summed E-state index contributed by atoms with van der Waals surface area (Å²) < 4.78 is 0. The van der Waals surface area contributed by atoms with Crippen LogP contribution < -0.4 is 21.8 Å². The molecule has 7 nitrogen and oxygen atoms in total. The molecule has 0 aliphatic rings. The van der Waals surface area contributed by atoms with E-state index in [1.165, 1.54) is 0 Å². The quantitative estimate of drug-likeness (QED) is 0.623. The molecule has 0 aliphatic carbocycles. The smallest absolute Gasteiger partial charge is 0.272 e. The fourth-order valence-electron chi connectivity index (χ4n) is 2.64. The van der Waals surface area contributed by atoms with Crippen molar-refractivity contribution in [3.05, 3.63) is 78.7 Å². The molecule has 134 valence electrons. The first-order valence-electron chi connectivity index (χ1n) is 8.27. The lowest BCUT2D eigenvalue weighted by Crippen LogP contribution is -2.46. The number of hydrogen-bond acceptors (Lipinski definition) is 4. The Labute approximate surface area is 149 Å². The number of aromatic nitrogens is 5. The van der Waals surface area contributed by atoms with Gasteiger partial charge in [0.05, 0.1) is 17.7 Å². The van der Waals surface area contributed by atoms with E-state index in [9.17, 15) is 9.59 Å². The van der Waals surface area contributed by atoms with E-state index in [1.807, 2.05) is 39.8 Å². The Bertz CT molecular complexity index is 1180. The largest absolute Gasteiger partial charge is 0.348 e. The Balaban J connectivity index is 2.14. The molecular formula is C19H21N5O2. The number of nitrogens with one attached hydrogen (secondary N) is 3. The molecule has 0 saturated heterocycles. The van der Waals surface area contributed by atoms with Crippen molar-refractivity contribution in [2.75, 3.05) is 0 Å². The Kier molecular flexibility index (Phi) is 4.46. The van der Waals surface area contributed by atoms with Gasteiger partial charge in [0.1, 0.15) is 10.7 Å². The summed E-state index contributed by atoms with van der Waals surface area (Å²) in [6, 6.07) is 5.47. The van der Waals surface area contributed by atoms with E-state index in [1.54, 1.807) is 24.5 Å². The van der Waals surface area contributed by atoms with Crippen LogP contribution in [0.15, 0.2) is 34.1 Å². The van der Waals surface area contributed by atoms with Gasteiger partial charge in [-0.15, -0.1) is 0 Å². The van der Waals surface area contributed by atoms with Crippen molar-refractivity contribution in [3.8, 4) is 0 Å². The topological polar surface area (TPSA) is 107 Å². The van der Waals surface area contributed by atoms with Gasteiger partial charge in [0, 0.05) is 16.8 Å². The second-order valence-corrected chi connectivity index (χ2v) is 7.14. The molecule has 3 rings (SSSR count). The first kappa shape index (κ1) is 17.6. The van der Waals surface area contributed by atoms with E-state index in [0.29, 0.717) is 11.4 Å². The van der Waals surface area contributed by atoms with Crippen LogP contribution in [0, 0.1) is 6.92 Å². The van der Waals surface area contributed by atoms with Crippen LogP contribution in [0.3, 0.4) is 0 Å². The molecule has 0 fully saturated rings. The number of aromatic amines is 3. The van der Waals surface area contributed by atoms with E-state index in [4.69, 9.17) is 0 Å². The third kappa shape index (κ3) is 3.72. The summed E-state index contributed by atoms with van der Waals surface area (Å²) in [7, 11) is 0. The normalized spacial score (nSPS) is 13.4. The molecule has 0 unspecified atom stereocenters. The molecule has 3 aromatic rings. The van der Waals surface area contributed by atoms with Gasteiger partial charge in [-0.2, -0.15) is 0 Å². The molecule has 3 heterocycles. The summed E-state index contributed by atoms with van der Waals surface area (Å²) >= 11 is 0. The van der Waals surface area contributed by atoms with Gasteiger partial charge < -0.3 is 15.0 Å². The van der Waals surface area contributed by atoms with Crippen LogP contribution in [0.1, 0.15) is 43.5 Å². The maximum atomic E-state index is 12.4. The number of nitrogens with zero attached hydrogens (tertiary/aromatic N) is 2. The van der Waals surface area contributed by atoms with Crippen molar-refractivity contribution < 1.29 is 0 Å². The van der Waals surface area contributed by atoms with Gasteiger partial charge in [0.15, 0.2) is 0 Å². The van der Waals surface area contributed by atoms with Gasteiger partial charge in [-0.1, -0.05) is 26.8 Å². The fourth-order valence-corrected chi connectivity index (χ4v) is 2.64. The highest BCUT2D eigenvalue weighted by Crippen LogP contribution is 2.22. The number of aryl methyl sites for hydroxylation is 1. The van der Waals surface area contributed by atoms with Crippen LogP contribution in [0.2, 0.25) is 0 Å². The second kappa shape index (κ2) is 6.59. The third-order valence-electron chi connectivity index (χ3n) is 3.89. The van der Waals surface area contributed by atoms with Crippen LogP contribution in [0.25, 0.3) is 12.2 Å². The van der Waals surface area contributed by atoms with Crippen LogP contribution in [0.5, 0.6) is 0 Å². The minimum Gasteiger partial charge on any atom is -0.348 e. The van der Waals surface area contributed by atoms with Crippen LogP contribution >= 0.6 is 0 Å². The maximum Gasteiger partial charge on any atom is 0.272 e. The molecule has 7 heteroatoms. The molecule has 0 aromatic carbocycles. The van der Waals surface area contributed by atoms with Crippen LogP contribution in [-0.2, 0) is 5.41 Å². The predicted molar refractivity (Wildman–Crippen MR) is 100 cm³/mol. The van der Waals surface area contributed by atoms with Gasteiger partial charge in [-0.25, -0.2) is 4.98 Å².